The summed E-state index contributed by atoms with van der Waals surface area (Å²) in [5.74, 6) is 0.714. The molecule has 0 radical (unpaired) electrons. The van der Waals surface area contributed by atoms with Crippen LogP contribution >= 0.6 is 0 Å². The van der Waals surface area contributed by atoms with Crippen LogP contribution in [0.1, 0.15) is 19.8 Å². The van der Waals surface area contributed by atoms with Crippen molar-refractivity contribution in [1.29, 1.82) is 0 Å². The molecule has 1 rings (SSSR count). The van der Waals surface area contributed by atoms with E-state index in [4.69, 9.17) is 5.73 Å². The Labute approximate surface area is 62.6 Å². The van der Waals surface area contributed by atoms with Gasteiger partial charge in [-0.25, -0.2) is 0 Å². The van der Waals surface area contributed by atoms with Crippen LogP contribution in [0.3, 0.4) is 0 Å². The summed E-state index contributed by atoms with van der Waals surface area (Å²) in [5.41, 5.74) is 6.83. The Morgan fingerprint density at radius 2 is 2.50 bits per heavy atom. The van der Waals surface area contributed by atoms with Crippen LogP contribution in [0.2, 0.25) is 0 Å². The molecule has 10 heavy (non-hydrogen) atoms. The van der Waals surface area contributed by atoms with Crippen molar-refractivity contribution in [3.8, 4) is 0 Å². The van der Waals surface area contributed by atoms with Gasteiger partial charge in [-0.1, -0.05) is 30.7 Å². The minimum Gasteiger partial charge on any atom is -0.330 e. The molecule has 1 aliphatic carbocycles. The maximum Gasteiger partial charge on any atom is -0.00368 e. The van der Waals surface area contributed by atoms with Crippen molar-refractivity contribution in [2.24, 2.45) is 11.7 Å². The molecule has 0 amide bonds. The zero-order valence-corrected chi connectivity index (χ0v) is 6.51. The highest BCUT2D eigenvalue weighted by atomic mass is 14.5. The van der Waals surface area contributed by atoms with Gasteiger partial charge >= 0.3 is 0 Å². The number of hydrogen-bond donors (Lipinski definition) is 1. The predicted molar refractivity (Wildman–Crippen MR) is 44.7 cm³/mol. The number of allylic oxidation sites excluding steroid dienone is 3. The first kappa shape index (κ1) is 7.55. The zero-order valence-electron chi connectivity index (χ0n) is 6.51. The highest BCUT2D eigenvalue weighted by Crippen LogP contribution is 2.17. The van der Waals surface area contributed by atoms with Gasteiger partial charge in [0.1, 0.15) is 0 Å². The van der Waals surface area contributed by atoms with Crippen molar-refractivity contribution >= 4 is 0 Å². The summed E-state index contributed by atoms with van der Waals surface area (Å²) in [6, 6.07) is 0. The van der Waals surface area contributed by atoms with E-state index in [0.29, 0.717) is 5.92 Å². The molecule has 56 valence electrons. The second-order valence-electron chi connectivity index (χ2n) is 2.90. The molecule has 0 fully saturated rings. The van der Waals surface area contributed by atoms with E-state index in [1.165, 1.54) is 12.0 Å². The summed E-state index contributed by atoms with van der Waals surface area (Å²) in [7, 11) is 0. The molecule has 0 spiro atoms. The smallest absolute Gasteiger partial charge is 0.00368 e. The predicted octanol–water partition coefficient (Wildman–Crippen LogP) is 1.86. The van der Waals surface area contributed by atoms with E-state index in [-0.39, 0.29) is 0 Å². The Hall–Kier alpha value is -0.560. The standard InChI is InChI=1S/C9H15N/c1-8-3-2-4-9(7-8)5-6-10/h2,4,7-8H,3,5-6,10H2,1H3/t8-/m0/s1. The molecule has 0 aromatic rings. The maximum atomic E-state index is 5.43. The summed E-state index contributed by atoms with van der Waals surface area (Å²) in [6.07, 6.45) is 8.95. The molecule has 0 saturated carbocycles. The molecule has 1 heteroatoms. The molecule has 0 aromatic heterocycles. The van der Waals surface area contributed by atoms with Gasteiger partial charge in [-0.3, -0.25) is 0 Å². The van der Waals surface area contributed by atoms with Crippen LogP contribution < -0.4 is 5.73 Å². The van der Waals surface area contributed by atoms with Crippen LogP contribution in [0.15, 0.2) is 23.8 Å². The fraction of sp³-hybridized carbons (Fsp3) is 0.556. The topological polar surface area (TPSA) is 26.0 Å². The lowest BCUT2D eigenvalue weighted by molar-refractivity contribution is 0.721. The maximum absolute atomic E-state index is 5.43. The van der Waals surface area contributed by atoms with E-state index >= 15 is 0 Å². The normalized spacial score (nSPS) is 24.6. The molecule has 1 aliphatic rings. The number of rotatable bonds is 2. The summed E-state index contributed by atoms with van der Waals surface area (Å²) < 4.78 is 0. The minimum atomic E-state index is 0.714. The first-order chi connectivity index (χ1) is 4.83. The molecular weight excluding hydrogens is 122 g/mol. The third-order valence-corrected chi connectivity index (χ3v) is 1.77. The Morgan fingerprint density at radius 1 is 1.70 bits per heavy atom. The molecule has 1 nitrogen and oxygen atoms in total. The van der Waals surface area contributed by atoms with Crippen LogP contribution in [0.25, 0.3) is 0 Å². The van der Waals surface area contributed by atoms with Gasteiger partial charge in [0.05, 0.1) is 0 Å². The average Bonchev–Trinajstić information content (AvgIpc) is 1.88. The molecule has 0 bridgehead atoms. The van der Waals surface area contributed by atoms with Crippen molar-refractivity contribution in [3.05, 3.63) is 23.8 Å². The molecule has 0 heterocycles. The van der Waals surface area contributed by atoms with E-state index < -0.39 is 0 Å². The molecule has 0 aromatic carbocycles. The van der Waals surface area contributed by atoms with Gasteiger partial charge in [0.2, 0.25) is 0 Å². The van der Waals surface area contributed by atoms with Crippen LogP contribution in [0.5, 0.6) is 0 Å². The van der Waals surface area contributed by atoms with E-state index in [1.54, 1.807) is 0 Å². The highest BCUT2D eigenvalue weighted by Gasteiger charge is 2.01. The molecule has 0 unspecified atom stereocenters. The first-order valence-electron chi connectivity index (χ1n) is 3.90. The third kappa shape index (κ3) is 1.99. The van der Waals surface area contributed by atoms with E-state index in [0.717, 1.165) is 13.0 Å². The summed E-state index contributed by atoms with van der Waals surface area (Å²) >= 11 is 0. The van der Waals surface area contributed by atoms with Crippen LogP contribution in [-0.2, 0) is 0 Å². The van der Waals surface area contributed by atoms with Crippen LogP contribution in [0, 0.1) is 5.92 Å². The fourth-order valence-corrected chi connectivity index (χ4v) is 1.26. The summed E-state index contributed by atoms with van der Waals surface area (Å²) in [4.78, 5) is 0. The van der Waals surface area contributed by atoms with Crippen molar-refractivity contribution in [2.45, 2.75) is 19.8 Å². The van der Waals surface area contributed by atoms with E-state index in [1.807, 2.05) is 0 Å². The minimum absolute atomic E-state index is 0.714. The summed E-state index contributed by atoms with van der Waals surface area (Å²) in [6.45, 7) is 3.00. The van der Waals surface area contributed by atoms with Gasteiger partial charge in [-0.05, 0) is 25.3 Å². The second kappa shape index (κ2) is 3.57. The fourth-order valence-electron chi connectivity index (χ4n) is 1.26. The Bertz CT molecular complexity index is 156. The van der Waals surface area contributed by atoms with Gasteiger partial charge in [-0.2, -0.15) is 0 Å². The molecule has 0 saturated heterocycles. The Morgan fingerprint density at radius 3 is 3.10 bits per heavy atom. The molecule has 2 N–H and O–H groups in total. The first-order valence-corrected chi connectivity index (χ1v) is 3.90. The highest BCUT2D eigenvalue weighted by molar-refractivity contribution is 5.23. The lowest BCUT2D eigenvalue weighted by Gasteiger charge is -2.10. The van der Waals surface area contributed by atoms with Gasteiger partial charge < -0.3 is 5.73 Å². The number of hydrogen-bond acceptors (Lipinski definition) is 1. The largest absolute Gasteiger partial charge is 0.330 e. The van der Waals surface area contributed by atoms with Gasteiger partial charge in [0, 0.05) is 0 Å². The monoisotopic (exact) mass is 137 g/mol. The SMILES string of the molecule is C[C@@H]1C=C(CCN)C=CC1. The van der Waals surface area contributed by atoms with Crippen molar-refractivity contribution in [1.82, 2.24) is 0 Å². The lowest BCUT2D eigenvalue weighted by atomic mass is 9.96. The Kier molecular flexibility index (Phi) is 2.69. The van der Waals surface area contributed by atoms with Crippen LogP contribution in [0.4, 0.5) is 0 Å². The van der Waals surface area contributed by atoms with Crippen molar-refractivity contribution in [2.75, 3.05) is 6.54 Å². The van der Waals surface area contributed by atoms with E-state index in [2.05, 4.69) is 25.2 Å². The molecular formula is C9H15N. The van der Waals surface area contributed by atoms with E-state index in [9.17, 15) is 0 Å². The number of nitrogens with two attached hydrogens (primary N) is 1. The average molecular weight is 137 g/mol. The summed E-state index contributed by atoms with van der Waals surface area (Å²) in [5, 5.41) is 0. The molecule has 1 atom stereocenters. The van der Waals surface area contributed by atoms with Gasteiger partial charge in [-0.15, -0.1) is 0 Å². The molecule has 0 aliphatic heterocycles. The third-order valence-electron chi connectivity index (χ3n) is 1.77. The van der Waals surface area contributed by atoms with Gasteiger partial charge in [0.15, 0.2) is 0 Å². The van der Waals surface area contributed by atoms with Crippen LogP contribution in [-0.4, -0.2) is 6.54 Å². The zero-order chi connectivity index (χ0) is 7.40. The quantitative estimate of drug-likeness (QED) is 0.617. The van der Waals surface area contributed by atoms with Crippen molar-refractivity contribution < 1.29 is 0 Å². The second-order valence-corrected chi connectivity index (χ2v) is 2.90. The lowest BCUT2D eigenvalue weighted by Crippen LogP contribution is -2.02. The Balaban J connectivity index is 2.49. The van der Waals surface area contributed by atoms with Gasteiger partial charge in [0.25, 0.3) is 0 Å². The van der Waals surface area contributed by atoms with Crippen molar-refractivity contribution in [3.63, 3.8) is 0 Å².